The van der Waals surface area contributed by atoms with Gasteiger partial charge in [-0.25, -0.2) is 9.78 Å². The first-order valence-electron chi connectivity index (χ1n) is 12.5. The Hall–Kier alpha value is -2.84. The van der Waals surface area contributed by atoms with E-state index in [1.54, 1.807) is 12.1 Å². The van der Waals surface area contributed by atoms with Crippen LogP contribution in [0.25, 0.3) is 17.2 Å². The fourth-order valence-electron chi connectivity index (χ4n) is 4.76. The molecule has 0 radical (unpaired) electrons. The van der Waals surface area contributed by atoms with Crippen LogP contribution in [0.2, 0.25) is 10.2 Å². The summed E-state index contributed by atoms with van der Waals surface area (Å²) in [4.78, 5) is 17.0. The molecule has 2 heterocycles. The number of hydrogen-bond acceptors (Lipinski definition) is 5. The van der Waals surface area contributed by atoms with Crippen molar-refractivity contribution in [2.75, 3.05) is 13.2 Å². The summed E-state index contributed by atoms with van der Waals surface area (Å²) in [6.07, 6.45) is 2.74. The molecular weight excluding hydrogens is 522 g/mol. The van der Waals surface area contributed by atoms with Gasteiger partial charge in [-0.05, 0) is 61.5 Å². The molecule has 1 amide bonds. The smallest absolute Gasteiger partial charge is 0.449 e. The summed E-state index contributed by atoms with van der Waals surface area (Å²) in [5, 5.41) is 3.52. The molecule has 1 aromatic heterocycles. The standard InChI is InChI=1S/C29H29BCl2N2O4/c1-28(2)29(3,4)38-30(37-28)18(15-23-25(31)13-14-33-26(23)32)16-34-27(35)36-17-24-21-11-7-5-9-19(21)20-10-6-8-12-22(20)24/h5-15,24H,16-17H2,1-4H3,(H,34,35). The summed E-state index contributed by atoms with van der Waals surface area (Å²) < 4.78 is 18.2. The van der Waals surface area contributed by atoms with E-state index in [0.717, 1.165) is 11.1 Å². The zero-order valence-electron chi connectivity index (χ0n) is 21.8. The van der Waals surface area contributed by atoms with E-state index >= 15 is 0 Å². The van der Waals surface area contributed by atoms with E-state index in [-0.39, 0.29) is 24.2 Å². The third-order valence-corrected chi connectivity index (χ3v) is 8.19. The lowest BCUT2D eigenvalue weighted by Crippen LogP contribution is -2.41. The van der Waals surface area contributed by atoms with Crippen molar-refractivity contribution in [3.8, 4) is 11.1 Å². The van der Waals surface area contributed by atoms with Crippen molar-refractivity contribution in [1.82, 2.24) is 10.3 Å². The first-order chi connectivity index (χ1) is 18.1. The van der Waals surface area contributed by atoms with E-state index in [9.17, 15) is 4.79 Å². The van der Waals surface area contributed by atoms with Crippen molar-refractivity contribution in [3.05, 3.63) is 93.1 Å². The SMILES string of the molecule is CC1(C)OB(C(=Cc2c(Cl)ccnc2Cl)CNC(=O)OCC2c3ccccc3-c3ccccc32)OC1(C)C. The molecule has 1 aliphatic carbocycles. The monoisotopic (exact) mass is 550 g/mol. The average Bonchev–Trinajstić information content (AvgIpc) is 3.31. The van der Waals surface area contributed by atoms with Crippen molar-refractivity contribution < 1.29 is 18.8 Å². The number of nitrogens with one attached hydrogen (secondary N) is 1. The summed E-state index contributed by atoms with van der Waals surface area (Å²) in [5.41, 5.74) is 4.68. The number of fused-ring (bicyclic) bond motifs is 3. The molecule has 6 nitrogen and oxygen atoms in total. The lowest BCUT2D eigenvalue weighted by Gasteiger charge is -2.32. The number of rotatable bonds is 6. The Bertz CT molecular complexity index is 1330. The van der Waals surface area contributed by atoms with E-state index in [2.05, 4.69) is 34.6 Å². The molecule has 2 aromatic carbocycles. The predicted octanol–water partition coefficient (Wildman–Crippen LogP) is 6.94. The van der Waals surface area contributed by atoms with Crippen molar-refractivity contribution in [2.45, 2.75) is 44.8 Å². The second-order valence-electron chi connectivity index (χ2n) is 10.5. The zero-order valence-corrected chi connectivity index (χ0v) is 23.3. The highest BCUT2D eigenvalue weighted by Gasteiger charge is 2.52. The van der Waals surface area contributed by atoms with Gasteiger partial charge >= 0.3 is 13.2 Å². The molecule has 38 heavy (non-hydrogen) atoms. The van der Waals surface area contributed by atoms with Crippen molar-refractivity contribution in [3.63, 3.8) is 0 Å². The van der Waals surface area contributed by atoms with Crippen LogP contribution in [0.1, 0.15) is 50.3 Å². The third kappa shape index (κ3) is 5.08. The molecule has 9 heteroatoms. The first-order valence-corrected chi connectivity index (χ1v) is 13.3. The second-order valence-corrected chi connectivity index (χ2v) is 11.2. The summed E-state index contributed by atoms with van der Waals surface area (Å²) in [6, 6.07) is 18.1. The zero-order chi connectivity index (χ0) is 27.1. The Balaban J connectivity index is 1.32. The maximum atomic E-state index is 12.9. The van der Waals surface area contributed by atoms with Crippen molar-refractivity contribution in [1.29, 1.82) is 0 Å². The van der Waals surface area contributed by atoms with Crippen LogP contribution in [0, 0.1) is 0 Å². The van der Waals surface area contributed by atoms with Gasteiger partial charge in [-0.15, -0.1) is 0 Å². The number of carbonyl (C=O) groups is 1. The van der Waals surface area contributed by atoms with Crippen LogP contribution >= 0.6 is 23.2 Å². The number of benzene rings is 2. The van der Waals surface area contributed by atoms with Crippen LogP contribution in [0.15, 0.2) is 66.3 Å². The Labute approximate surface area is 233 Å². The molecule has 196 valence electrons. The Morgan fingerprint density at radius 2 is 1.58 bits per heavy atom. The van der Waals surface area contributed by atoms with Crippen LogP contribution in [-0.2, 0) is 14.0 Å². The van der Waals surface area contributed by atoms with Gasteiger partial charge in [0.25, 0.3) is 0 Å². The van der Waals surface area contributed by atoms with Crippen LogP contribution < -0.4 is 5.32 Å². The average molecular weight is 551 g/mol. The highest BCUT2D eigenvalue weighted by atomic mass is 35.5. The molecule has 1 N–H and O–H groups in total. The Morgan fingerprint density at radius 3 is 2.16 bits per heavy atom. The molecule has 0 unspecified atom stereocenters. The molecule has 1 aliphatic heterocycles. The largest absolute Gasteiger partial charge is 0.492 e. The molecule has 1 fully saturated rings. The van der Waals surface area contributed by atoms with Crippen LogP contribution in [-0.4, -0.2) is 42.5 Å². The molecule has 0 spiro atoms. The van der Waals surface area contributed by atoms with Crippen LogP contribution in [0.5, 0.6) is 0 Å². The number of alkyl carbamates (subject to hydrolysis) is 1. The number of carbonyl (C=O) groups excluding carboxylic acids is 1. The van der Waals surface area contributed by atoms with Gasteiger partial charge in [0, 0.05) is 24.2 Å². The number of hydrogen-bond donors (Lipinski definition) is 1. The van der Waals surface area contributed by atoms with Gasteiger partial charge in [-0.1, -0.05) is 77.8 Å². The Kier molecular flexibility index (Phi) is 7.31. The van der Waals surface area contributed by atoms with Gasteiger partial charge in [0.1, 0.15) is 11.8 Å². The number of halogens is 2. The summed E-state index contributed by atoms with van der Waals surface area (Å²) in [6.45, 7) is 8.19. The molecule has 5 rings (SSSR count). The van der Waals surface area contributed by atoms with Gasteiger partial charge < -0.3 is 19.4 Å². The second kappa shape index (κ2) is 10.4. The quantitative estimate of drug-likeness (QED) is 0.266. The maximum absolute atomic E-state index is 12.9. The van der Waals surface area contributed by atoms with Gasteiger partial charge in [0.05, 0.1) is 16.2 Å². The van der Waals surface area contributed by atoms with Crippen molar-refractivity contribution in [2.24, 2.45) is 0 Å². The number of pyridine rings is 1. The topological polar surface area (TPSA) is 69.7 Å². The Morgan fingerprint density at radius 1 is 1.00 bits per heavy atom. The van der Waals surface area contributed by atoms with Gasteiger partial charge in [-0.3, -0.25) is 0 Å². The number of nitrogens with zero attached hydrogens (tertiary/aromatic N) is 1. The summed E-state index contributed by atoms with van der Waals surface area (Å²) in [7, 11) is -0.721. The molecule has 0 atom stereocenters. The minimum Gasteiger partial charge on any atom is -0.449 e. The molecule has 0 saturated carbocycles. The molecule has 1 saturated heterocycles. The van der Waals surface area contributed by atoms with E-state index < -0.39 is 24.4 Å². The maximum Gasteiger partial charge on any atom is 0.492 e. The van der Waals surface area contributed by atoms with Crippen LogP contribution in [0.4, 0.5) is 4.79 Å². The summed E-state index contributed by atoms with van der Waals surface area (Å²) >= 11 is 12.7. The lowest BCUT2D eigenvalue weighted by molar-refractivity contribution is 0.00578. The fourth-order valence-corrected chi connectivity index (χ4v) is 5.22. The summed E-state index contributed by atoms with van der Waals surface area (Å²) in [5.74, 6) is -0.0285. The number of amides is 1. The van der Waals surface area contributed by atoms with Gasteiger partial charge in [0.2, 0.25) is 0 Å². The highest BCUT2D eigenvalue weighted by Crippen LogP contribution is 2.44. The minimum atomic E-state index is -0.721. The molecule has 0 bridgehead atoms. The number of ether oxygens (including phenoxy) is 1. The third-order valence-electron chi connectivity index (χ3n) is 7.55. The van der Waals surface area contributed by atoms with Crippen molar-refractivity contribution >= 4 is 42.5 Å². The molecule has 2 aliphatic rings. The van der Waals surface area contributed by atoms with Gasteiger partial charge in [-0.2, -0.15) is 0 Å². The van der Waals surface area contributed by atoms with E-state index in [0.29, 0.717) is 16.1 Å². The van der Waals surface area contributed by atoms with E-state index in [4.69, 9.17) is 37.2 Å². The van der Waals surface area contributed by atoms with Crippen LogP contribution in [0.3, 0.4) is 0 Å². The lowest BCUT2D eigenvalue weighted by atomic mass is 9.77. The first kappa shape index (κ1) is 26.8. The predicted molar refractivity (Wildman–Crippen MR) is 151 cm³/mol. The molecule has 3 aromatic rings. The number of aromatic nitrogens is 1. The molecular formula is C29H29BCl2N2O4. The fraction of sp³-hybridized carbons (Fsp3) is 0.310. The minimum absolute atomic E-state index is 0.0285. The van der Waals surface area contributed by atoms with E-state index in [1.165, 1.54) is 17.3 Å². The van der Waals surface area contributed by atoms with Gasteiger partial charge in [0.15, 0.2) is 0 Å². The van der Waals surface area contributed by atoms with E-state index in [1.807, 2.05) is 52.0 Å². The highest BCUT2D eigenvalue weighted by molar-refractivity contribution is 6.56. The normalized spacial score (nSPS) is 17.7.